The van der Waals surface area contributed by atoms with Crippen LogP contribution in [0.4, 0.5) is 55.3 Å². The van der Waals surface area contributed by atoms with E-state index in [0.717, 1.165) is 39.1 Å². The Morgan fingerprint density at radius 3 is 1.86 bits per heavy atom. The van der Waals surface area contributed by atoms with Crippen LogP contribution in [0.5, 0.6) is 0 Å². The van der Waals surface area contributed by atoms with E-state index in [9.17, 15) is 63.0 Å². The molecule has 1 amide bonds. The highest BCUT2D eigenvalue weighted by Gasteiger charge is 2.92. The van der Waals surface area contributed by atoms with Crippen molar-refractivity contribution < 1.29 is 57.8 Å². The number of carbonyl (C=O) groups is 1. The molecule has 0 unspecified atom stereocenters. The Balaban J connectivity index is 2.88. The largest absolute Gasteiger partial charge is 0.467 e. The van der Waals surface area contributed by atoms with E-state index in [0.29, 0.717) is 18.2 Å². The number of rotatable bonds is 5. The van der Waals surface area contributed by atoms with Crippen molar-refractivity contribution in [2.45, 2.75) is 27.8 Å². The Morgan fingerprint density at radius 1 is 0.886 bits per heavy atom. The topological polar surface area (TPSA) is 89.3 Å². The van der Waals surface area contributed by atoms with Crippen molar-refractivity contribution in [1.82, 2.24) is 0 Å². The number of carbonyl (C=O) groups excluding carboxylic acids is 1. The fraction of sp³-hybridized carbons (Fsp3) is 0.235. The summed E-state index contributed by atoms with van der Waals surface area (Å²) in [6.07, 6.45) is -14.9. The van der Waals surface area contributed by atoms with Gasteiger partial charge < -0.3 is 5.32 Å². The molecular weight excluding hydrogens is 598 g/mol. The molecule has 1 N–H and O–H groups in total. The maximum atomic E-state index is 14.9. The van der Waals surface area contributed by atoms with Crippen molar-refractivity contribution in [2.75, 3.05) is 5.32 Å². The second-order valence-electron chi connectivity index (χ2n) is 6.64. The molecule has 0 spiro atoms. The van der Waals surface area contributed by atoms with Crippen LogP contribution in [0, 0.1) is 10.1 Å². The van der Waals surface area contributed by atoms with Gasteiger partial charge in [-0.25, -0.2) is 4.39 Å². The molecule has 0 aromatic heterocycles. The average Bonchev–Trinajstić information content (AvgIpc) is 2.71. The Labute approximate surface area is 195 Å². The highest BCUT2D eigenvalue weighted by Crippen LogP contribution is 2.72. The van der Waals surface area contributed by atoms with Gasteiger partial charge in [-0.3, -0.25) is 19.1 Å². The molecule has 2 rings (SSSR count). The van der Waals surface area contributed by atoms with Crippen molar-refractivity contribution in [3.8, 4) is 0 Å². The summed E-state index contributed by atoms with van der Waals surface area (Å²) in [4.78, 5) is 19.8. The van der Waals surface area contributed by atoms with Crippen LogP contribution in [0.1, 0.15) is 10.4 Å². The zero-order chi connectivity index (χ0) is 27.3. The first-order valence-electron chi connectivity index (χ1n) is 8.51. The van der Waals surface area contributed by atoms with Gasteiger partial charge in [-0.05, 0) is 18.2 Å². The third-order valence-electron chi connectivity index (χ3n) is 4.49. The van der Waals surface area contributed by atoms with Gasteiger partial charge in [0, 0.05) is 32.5 Å². The summed E-state index contributed by atoms with van der Waals surface area (Å²) in [5, 5.41) is 4.91. The molecule has 2 aromatic rings. The van der Waals surface area contributed by atoms with Crippen molar-refractivity contribution in [2.24, 2.45) is 0 Å². The summed E-state index contributed by atoms with van der Waals surface area (Å²) in [5.74, 6) is -1.56. The molecule has 0 heterocycles. The van der Waals surface area contributed by atoms with Gasteiger partial charge in [-0.1, -0.05) is 18.2 Å². The maximum Gasteiger partial charge on any atom is 0.467 e. The van der Waals surface area contributed by atoms with E-state index in [1.807, 2.05) is 0 Å². The molecule has 18 heteroatoms. The number of halogens is 11. The van der Waals surface area contributed by atoms with Crippen LogP contribution in [0.15, 0.2) is 53.4 Å². The van der Waals surface area contributed by atoms with Crippen LogP contribution in [0.3, 0.4) is 0 Å². The van der Waals surface area contributed by atoms with E-state index in [4.69, 9.17) is 0 Å². The Morgan fingerprint density at radius 2 is 1.40 bits per heavy atom. The van der Waals surface area contributed by atoms with E-state index in [1.54, 1.807) is 0 Å². The van der Waals surface area contributed by atoms with Gasteiger partial charge in [0.05, 0.1) is 15.5 Å². The summed E-state index contributed by atoms with van der Waals surface area (Å²) in [5.41, 5.74) is -9.99. The summed E-state index contributed by atoms with van der Waals surface area (Å²) >= 11 is 1.01. The molecule has 0 aliphatic rings. The molecule has 0 radical (unpaired) electrons. The summed E-state index contributed by atoms with van der Waals surface area (Å²) in [6.45, 7) is 0. The minimum absolute atomic E-state index is 0.147. The number of para-hydroxylation sites is 1. The molecule has 194 valence electrons. The number of alkyl halides is 10. The van der Waals surface area contributed by atoms with Gasteiger partial charge in [-0.2, -0.15) is 39.5 Å². The highest BCUT2D eigenvalue weighted by molar-refractivity contribution is 9.53. The van der Waals surface area contributed by atoms with E-state index < -0.39 is 63.0 Å². The Bertz CT molecular complexity index is 1230. The predicted molar refractivity (Wildman–Crippen MR) is 105 cm³/mol. The van der Waals surface area contributed by atoms with E-state index >= 15 is 0 Å². The number of anilines is 1. The monoisotopic (exact) mass is 606 g/mol. The first-order chi connectivity index (χ1) is 15.6. The van der Waals surface area contributed by atoms with Crippen LogP contribution >= 0.6 is 14.8 Å². The molecule has 0 saturated carbocycles. The molecule has 6 nitrogen and oxygen atoms in total. The number of non-ortho nitro benzene ring substituents is 1. The molecule has 35 heavy (non-hydrogen) atoms. The first kappa shape index (κ1) is 28.5. The Hall–Kier alpha value is -2.76. The number of benzene rings is 2. The van der Waals surface area contributed by atoms with Crippen LogP contribution < -0.4 is 5.32 Å². The molecule has 0 fully saturated rings. The van der Waals surface area contributed by atoms with E-state index in [1.165, 1.54) is 5.32 Å². The van der Waals surface area contributed by atoms with Gasteiger partial charge in [0.1, 0.15) is 7.50 Å². The van der Waals surface area contributed by atoms with Gasteiger partial charge in [-0.15, -0.1) is 0 Å². The molecule has 0 bridgehead atoms. The minimum atomic E-state index is -8.94. The smallest absolute Gasteiger partial charge is 0.321 e. The number of nitrogens with one attached hydrogen (secondary N) is 1. The van der Waals surface area contributed by atoms with Crippen molar-refractivity contribution in [3.63, 3.8) is 0 Å². The molecular formula is C17H9BrF10N2O4S. The normalized spacial score (nSPS) is 14.7. The van der Waals surface area contributed by atoms with E-state index in [2.05, 4.69) is 0 Å². The number of hydrogen-bond acceptors (Lipinski definition) is 4. The zero-order valence-electron chi connectivity index (χ0n) is 16.3. The van der Waals surface area contributed by atoms with Gasteiger partial charge in [0.15, 0.2) is 0 Å². The van der Waals surface area contributed by atoms with Gasteiger partial charge in [0.2, 0.25) is 0 Å². The fourth-order valence-corrected chi connectivity index (χ4v) is 7.33. The minimum Gasteiger partial charge on any atom is -0.321 e. The lowest BCUT2D eigenvalue weighted by atomic mass is 10.2. The quantitative estimate of drug-likeness (QED) is 0.179. The van der Waals surface area contributed by atoms with Crippen molar-refractivity contribution in [3.05, 3.63) is 64.2 Å². The van der Waals surface area contributed by atoms with Crippen LogP contribution in [0.25, 0.3) is 0 Å². The predicted octanol–water partition coefficient (Wildman–Crippen LogP) is 6.65. The van der Waals surface area contributed by atoms with Crippen LogP contribution in [-0.2, 0) is 7.50 Å². The highest BCUT2D eigenvalue weighted by atomic mass is 79.9. The summed E-state index contributed by atoms with van der Waals surface area (Å²) < 4.78 is 150. The number of amides is 1. The summed E-state index contributed by atoms with van der Waals surface area (Å²) in [7, 11) is -8.94. The van der Waals surface area contributed by atoms with Gasteiger partial charge in [0.25, 0.3) is 11.6 Å². The fourth-order valence-electron chi connectivity index (χ4n) is 2.85. The molecule has 0 aliphatic carbocycles. The lowest BCUT2D eigenvalue weighted by Crippen LogP contribution is -2.70. The number of hydrogen-bond donors (Lipinski definition) is 1. The SMILES string of the molecule is O=C(Nc1ccccc1S(=O)(Br)(C(F)(F)F)C(F)(C(F)(F)F)C(F)(F)F)c1cccc([N+](=O)[O-])c1. The lowest BCUT2D eigenvalue weighted by molar-refractivity contribution is -0.384. The Kier molecular flexibility index (Phi) is 6.85. The number of nitro groups is 1. The second kappa shape index (κ2) is 8.42. The lowest BCUT2D eigenvalue weighted by Gasteiger charge is -2.49. The standard InChI is InChI=1S/C17H9BrF10N2O4S/c18-35(34,17(26,27)28,14(19,15(20,21)22)16(23,24)25)12-7-2-1-6-11(12)29-13(31)9-4-3-5-10(8-9)30(32)33/h1-8H,(H,29,31). The molecule has 0 aliphatic heterocycles. The number of nitro benzene ring substituents is 1. The third kappa shape index (κ3) is 4.15. The van der Waals surface area contributed by atoms with Crippen molar-refractivity contribution in [1.29, 1.82) is 0 Å². The average molecular weight is 607 g/mol. The van der Waals surface area contributed by atoms with Gasteiger partial charge >= 0.3 is 22.9 Å². The summed E-state index contributed by atoms with van der Waals surface area (Å²) in [6, 6.07) is 4.60. The molecule has 0 saturated heterocycles. The zero-order valence-corrected chi connectivity index (χ0v) is 18.7. The van der Waals surface area contributed by atoms with Crippen molar-refractivity contribution >= 4 is 39.6 Å². The first-order valence-corrected chi connectivity index (χ1v) is 12.3. The van der Waals surface area contributed by atoms with E-state index in [-0.39, 0.29) is 6.07 Å². The van der Waals surface area contributed by atoms with Crippen LogP contribution in [0.2, 0.25) is 0 Å². The molecule has 0 atom stereocenters. The molecule has 2 aromatic carbocycles. The maximum absolute atomic E-state index is 14.9. The third-order valence-corrected chi connectivity index (χ3v) is 11.4. The number of nitrogens with zero attached hydrogens (tertiary/aromatic N) is 1. The van der Waals surface area contributed by atoms with Crippen LogP contribution in [-0.4, -0.2) is 37.9 Å². The second-order valence-corrected chi connectivity index (χ2v) is 13.5.